The number of methoxy groups -OCH3 is 1. The monoisotopic (exact) mass is 366 g/mol. The SMILES string of the molecule is COc1ccc(C)cc1Nc1cnc(C(=O)NCc2ccccc2F)cn1. The number of carbonyl (C=O) groups excluding carboxylic acids is 1. The quantitative estimate of drug-likeness (QED) is 0.697. The van der Waals surface area contributed by atoms with Crippen LogP contribution in [0.4, 0.5) is 15.9 Å². The lowest BCUT2D eigenvalue weighted by molar-refractivity contribution is 0.0945. The molecule has 0 aliphatic heterocycles. The number of ether oxygens (including phenoxy) is 1. The second kappa shape index (κ2) is 8.27. The minimum absolute atomic E-state index is 0.0771. The fourth-order valence-electron chi connectivity index (χ4n) is 2.48. The molecule has 0 saturated carbocycles. The number of hydrogen-bond acceptors (Lipinski definition) is 5. The van der Waals surface area contributed by atoms with Gasteiger partial charge >= 0.3 is 0 Å². The molecule has 138 valence electrons. The van der Waals surface area contributed by atoms with Gasteiger partial charge in [0.2, 0.25) is 0 Å². The lowest BCUT2D eigenvalue weighted by atomic mass is 10.2. The maximum absolute atomic E-state index is 13.6. The fraction of sp³-hybridized carbons (Fsp3) is 0.150. The van der Waals surface area contributed by atoms with Crippen molar-refractivity contribution in [3.63, 3.8) is 0 Å². The summed E-state index contributed by atoms with van der Waals surface area (Å²) in [5.74, 6) is 0.361. The summed E-state index contributed by atoms with van der Waals surface area (Å²) < 4.78 is 18.9. The summed E-state index contributed by atoms with van der Waals surface area (Å²) in [4.78, 5) is 20.5. The van der Waals surface area contributed by atoms with Gasteiger partial charge in [-0.15, -0.1) is 0 Å². The highest BCUT2D eigenvalue weighted by atomic mass is 19.1. The molecule has 1 heterocycles. The van der Waals surface area contributed by atoms with E-state index in [1.165, 1.54) is 18.5 Å². The predicted octanol–water partition coefficient (Wildman–Crippen LogP) is 3.61. The fourth-order valence-corrected chi connectivity index (χ4v) is 2.48. The van der Waals surface area contributed by atoms with Crippen LogP contribution in [0.1, 0.15) is 21.6 Å². The number of amides is 1. The maximum atomic E-state index is 13.6. The molecule has 2 N–H and O–H groups in total. The number of benzene rings is 2. The van der Waals surface area contributed by atoms with Gasteiger partial charge in [-0.3, -0.25) is 4.79 Å². The third-order valence-electron chi connectivity index (χ3n) is 3.90. The Balaban J connectivity index is 1.65. The Morgan fingerprint density at radius 3 is 2.67 bits per heavy atom. The first kappa shape index (κ1) is 18.3. The number of aryl methyl sites for hydroxylation is 1. The maximum Gasteiger partial charge on any atom is 0.271 e. The van der Waals surface area contributed by atoms with Crippen molar-refractivity contribution < 1.29 is 13.9 Å². The van der Waals surface area contributed by atoms with Crippen LogP contribution in [0.3, 0.4) is 0 Å². The molecule has 6 nitrogen and oxygen atoms in total. The van der Waals surface area contributed by atoms with Crippen molar-refractivity contribution in [2.45, 2.75) is 13.5 Å². The number of anilines is 2. The molecule has 0 bridgehead atoms. The minimum atomic E-state index is -0.426. The minimum Gasteiger partial charge on any atom is -0.495 e. The van der Waals surface area contributed by atoms with E-state index >= 15 is 0 Å². The molecule has 0 spiro atoms. The van der Waals surface area contributed by atoms with Crippen molar-refractivity contribution in [1.29, 1.82) is 0 Å². The van der Waals surface area contributed by atoms with E-state index in [2.05, 4.69) is 20.6 Å². The third kappa shape index (κ3) is 4.58. The summed E-state index contributed by atoms with van der Waals surface area (Å²) >= 11 is 0. The lowest BCUT2D eigenvalue weighted by Crippen LogP contribution is -2.24. The second-order valence-corrected chi connectivity index (χ2v) is 5.89. The van der Waals surface area contributed by atoms with E-state index in [0.29, 0.717) is 17.1 Å². The standard InChI is InChI=1S/C20H19FN4O2/c1-13-7-8-18(27-2)16(9-13)25-19-12-22-17(11-23-19)20(26)24-10-14-5-3-4-6-15(14)21/h3-9,11-12H,10H2,1-2H3,(H,23,25)(H,24,26). The number of halogens is 1. The van der Waals surface area contributed by atoms with Crippen LogP contribution >= 0.6 is 0 Å². The molecular weight excluding hydrogens is 347 g/mol. The van der Waals surface area contributed by atoms with Crippen molar-refractivity contribution in [3.8, 4) is 5.75 Å². The van der Waals surface area contributed by atoms with Crippen LogP contribution in [0, 0.1) is 12.7 Å². The van der Waals surface area contributed by atoms with E-state index < -0.39 is 5.91 Å². The topological polar surface area (TPSA) is 76.1 Å². The third-order valence-corrected chi connectivity index (χ3v) is 3.90. The van der Waals surface area contributed by atoms with E-state index in [4.69, 9.17) is 4.74 Å². The van der Waals surface area contributed by atoms with E-state index in [9.17, 15) is 9.18 Å². The van der Waals surface area contributed by atoms with Crippen LogP contribution in [0.2, 0.25) is 0 Å². The number of rotatable bonds is 6. The number of aromatic nitrogens is 2. The number of carbonyl (C=O) groups is 1. The summed E-state index contributed by atoms with van der Waals surface area (Å²) in [7, 11) is 1.59. The highest BCUT2D eigenvalue weighted by Gasteiger charge is 2.10. The molecule has 0 unspecified atom stereocenters. The molecule has 0 aliphatic rings. The zero-order valence-electron chi connectivity index (χ0n) is 15.0. The molecule has 27 heavy (non-hydrogen) atoms. The van der Waals surface area contributed by atoms with Crippen LogP contribution in [-0.4, -0.2) is 23.0 Å². The summed E-state index contributed by atoms with van der Waals surface area (Å²) in [5, 5.41) is 5.74. The second-order valence-electron chi connectivity index (χ2n) is 5.89. The van der Waals surface area contributed by atoms with Crippen molar-refractivity contribution in [1.82, 2.24) is 15.3 Å². The summed E-state index contributed by atoms with van der Waals surface area (Å²) in [6.07, 6.45) is 2.82. The molecular formula is C20H19FN4O2. The Hall–Kier alpha value is -3.48. The first-order chi connectivity index (χ1) is 13.1. The summed E-state index contributed by atoms with van der Waals surface area (Å²) in [5.41, 5.74) is 2.37. The van der Waals surface area contributed by atoms with Gasteiger partial charge in [-0.05, 0) is 30.7 Å². The van der Waals surface area contributed by atoms with Crippen molar-refractivity contribution in [3.05, 3.63) is 77.5 Å². The van der Waals surface area contributed by atoms with Crippen LogP contribution in [0.15, 0.2) is 54.9 Å². The van der Waals surface area contributed by atoms with Crippen molar-refractivity contribution in [2.24, 2.45) is 0 Å². The van der Waals surface area contributed by atoms with Gasteiger partial charge in [0.05, 0.1) is 25.2 Å². The Labute approximate surface area is 156 Å². The van der Waals surface area contributed by atoms with E-state index in [1.807, 2.05) is 25.1 Å². The number of nitrogens with one attached hydrogen (secondary N) is 2. The average Bonchev–Trinajstić information content (AvgIpc) is 2.68. The normalized spacial score (nSPS) is 10.3. The molecule has 0 aliphatic carbocycles. The van der Waals surface area contributed by atoms with Gasteiger partial charge in [-0.25, -0.2) is 14.4 Å². The van der Waals surface area contributed by atoms with Gasteiger partial charge in [0.1, 0.15) is 23.1 Å². The van der Waals surface area contributed by atoms with Crippen LogP contribution in [0.5, 0.6) is 5.75 Å². The molecule has 1 amide bonds. The lowest BCUT2D eigenvalue weighted by Gasteiger charge is -2.11. The molecule has 0 atom stereocenters. The Morgan fingerprint density at radius 2 is 1.96 bits per heavy atom. The predicted molar refractivity (Wildman–Crippen MR) is 101 cm³/mol. The zero-order valence-corrected chi connectivity index (χ0v) is 15.0. The Kier molecular flexibility index (Phi) is 5.61. The van der Waals surface area contributed by atoms with Gasteiger partial charge in [-0.1, -0.05) is 24.3 Å². The highest BCUT2D eigenvalue weighted by molar-refractivity contribution is 5.92. The molecule has 7 heteroatoms. The molecule has 2 aromatic carbocycles. The first-order valence-corrected chi connectivity index (χ1v) is 8.32. The van der Waals surface area contributed by atoms with E-state index in [0.717, 1.165) is 11.3 Å². The molecule has 3 aromatic rings. The van der Waals surface area contributed by atoms with E-state index in [-0.39, 0.29) is 18.1 Å². The summed E-state index contributed by atoms with van der Waals surface area (Å²) in [6.45, 7) is 2.05. The largest absolute Gasteiger partial charge is 0.495 e. The zero-order chi connectivity index (χ0) is 19.2. The van der Waals surface area contributed by atoms with Gasteiger partial charge < -0.3 is 15.4 Å². The highest BCUT2D eigenvalue weighted by Crippen LogP contribution is 2.27. The number of hydrogen-bond donors (Lipinski definition) is 2. The summed E-state index contributed by atoms with van der Waals surface area (Å²) in [6, 6.07) is 12.0. The molecule has 0 fully saturated rings. The van der Waals surface area contributed by atoms with Gasteiger partial charge in [0, 0.05) is 12.1 Å². The molecule has 0 saturated heterocycles. The smallest absolute Gasteiger partial charge is 0.271 e. The van der Waals surface area contributed by atoms with E-state index in [1.54, 1.807) is 25.3 Å². The first-order valence-electron chi connectivity index (χ1n) is 8.32. The molecule has 0 radical (unpaired) electrons. The van der Waals surface area contributed by atoms with Gasteiger partial charge in [-0.2, -0.15) is 0 Å². The average molecular weight is 366 g/mol. The van der Waals surface area contributed by atoms with Crippen LogP contribution < -0.4 is 15.4 Å². The Morgan fingerprint density at radius 1 is 1.15 bits per heavy atom. The van der Waals surface area contributed by atoms with Crippen LogP contribution in [0.25, 0.3) is 0 Å². The van der Waals surface area contributed by atoms with Crippen molar-refractivity contribution in [2.75, 3.05) is 12.4 Å². The van der Waals surface area contributed by atoms with Gasteiger partial charge in [0.25, 0.3) is 5.91 Å². The Bertz CT molecular complexity index is 945. The van der Waals surface area contributed by atoms with Crippen LogP contribution in [-0.2, 0) is 6.54 Å². The molecule has 3 rings (SSSR count). The van der Waals surface area contributed by atoms with Gasteiger partial charge in [0.15, 0.2) is 0 Å². The molecule has 1 aromatic heterocycles. The van der Waals surface area contributed by atoms with Crippen molar-refractivity contribution >= 4 is 17.4 Å². The number of nitrogens with zero attached hydrogens (tertiary/aromatic N) is 2.